The molecule has 0 aliphatic heterocycles. The highest BCUT2D eigenvalue weighted by molar-refractivity contribution is 6.31. The van der Waals surface area contributed by atoms with E-state index >= 15 is 0 Å². The Morgan fingerprint density at radius 2 is 2.29 bits per heavy atom. The van der Waals surface area contributed by atoms with Crippen LogP contribution < -0.4 is 5.32 Å². The summed E-state index contributed by atoms with van der Waals surface area (Å²) >= 11 is 5.83. The molecule has 1 heterocycles. The van der Waals surface area contributed by atoms with Crippen LogP contribution in [0.3, 0.4) is 0 Å². The fourth-order valence-corrected chi connectivity index (χ4v) is 2.96. The van der Waals surface area contributed by atoms with E-state index < -0.39 is 5.82 Å². The first-order chi connectivity index (χ1) is 10.2. The van der Waals surface area contributed by atoms with Gasteiger partial charge in [-0.1, -0.05) is 18.5 Å². The fraction of sp³-hybridized carbons (Fsp3) is 0.375. The van der Waals surface area contributed by atoms with Gasteiger partial charge in [0.05, 0.1) is 5.02 Å². The van der Waals surface area contributed by atoms with Crippen LogP contribution in [0.4, 0.5) is 4.39 Å². The first kappa shape index (κ1) is 14.4. The Balaban J connectivity index is 1.97. The van der Waals surface area contributed by atoms with Gasteiger partial charge in [-0.25, -0.2) is 14.4 Å². The second kappa shape index (κ2) is 6.08. The number of halogens is 2. The van der Waals surface area contributed by atoms with Crippen LogP contribution in [0, 0.1) is 5.82 Å². The average molecular weight is 306 g/mol. The number of hydrogen-bond donors (Lipinski definition) is 1. The molecule has 2 aromatic rings. The molecular formula is C16H17ClFN3. The van der Waals surface area contributed by atoms with Gasteiger partial charge in [-0.3, -0.25) is 0 Å². The SMILES string of the molecule is CCNC1CCCc2nc(-c3ccc(F)c(Cl)c3)ncc21. The zero-order valence-electron chi connectivity index (χ0n) is 11.9. The van der Waals surface area contributed by atoms with Crippen molar-refractivity contribution >= 4 is 11.6 Å². The van der Waals surface area contributed by atoms with Gasteiger partial charge < -0.3 is 5.32 Å². The van der Waals surface area contributed by atoms with Crippen LogP contribution >= 0.6 is 11.6 Å². The second-order valence-electron chi connectivity index (χ2n) is 5.23. The molecular weight excluding hydrogens is 289 g/mol. The van der Waals surface area contributed by atoms with Gasteiger partial charge in [-0.05, 0) is 44.0 Å². The van der Waals surface area contributed by atoms with Gasteiger partial charge in [0.15, 0.2) is 5.82 Å². The molecule has 1 N–H and O–H groups in total. The van der Waals surface area contributed by atoms with Crippen LogP contribution in [-0.4, -0.2) is 16.5 Å². The van der Waals surface area contributed by atoms with E-state index in [0.717, 1.165) is 37.1 Å². The van der Waals surface area contributed by atoms with Crippen LogP contribution in [0.1, 0.15) is 37.1 Å². The van der Waals surface area contributed by atoms with E-state index in [1.165, 1.54) is 11.6 Å². The molecule has 110 valence electrons. The van der Waals surface area contributed by atoms with Gasteiger partial charge in [0.2, 0.25) is 0 Å². The third-order valence-corrected chi connectivity index (χ3v) is 4.10. The lowest BCUT2D eigenvalue weighted by Crippen LogP contribution is -2.25. The van der Waals surface area contributed by atoms with Gasteiger partial charge in [0.1, 0.15) is 5.82 Å². The Morgan fingerprint density at radius 1 is 1.43 bits per heavy atom. The third-order valence-electron chi connectivity index (χ3n) is 3.81. The van der Waals surface area contributed by atoms with Crippen LogP contribution in [-0.2, 0) is 6.42 Å². The predicted octanol–water partition coefficient (Wildman–Crippen LogP) is 3.92. The van der Waals surface area contributed by atoms with Crippen molar-refractivity contribution in [2.75, 3.05) is 6.54 Å². The second-order valence-corrected chi connectivity index (χ2v) is 5.63. The highest BCUT2D eigenvalue weighted by Gasteiger charge is 2.21. The highest BCUT2D eigenvalue weighted by atomic mass is 35.5. The first-order valence-corrected chi connectivity index (χ1v) is 7.61. The Hall–Kier alpha value is -1.52. The van der Waals surface area contributed by atoms with Crippen LogP contribution in [0.5, 0.6) is 0 Å². The normalized spacial score (nSPS) is 17.6. The molecule has 1 unspecified atom stereocenters. The number of hydrogen-bond acceptors (Lipinski definition) is 3. The molecule has 0 bridgehead atoms. The molecule has 0 saturated heterocycles. The van der Waals surface area contributed by atoms with Crippen molar-refractivity contribution in [1.29, 1.82) is 0 Å². The minimum absolute atomic E-state index is 0.0966. The van der Waals surface area contributed by atoms with Gasteiger partial charge in [0, 0.05) is 29.1 Å². The summed E-state index contributed by atoms with van der Waals surface area (Å²) < 4.78 is 13.2. The van der Waals surface area contributed by atoms with Crippen molar-refractivity contribution in [3.05, 3.63) is 46.5 Å². The fourth-order valence-electron chi connectivity index (χ4n) is 2.78. The number of aryl methyl sites for hydroxylation is 1. The Labute approximate surface area is 128 Å². The summed E-state index contributed by atoms with van der Waals surface area (Å²) in [5, 5.41) is 3.56. The molecule has 0 saturated carbocycles. The Kier molecular flexibility index (Phi) is 4.17. The summed E-state index contributed by atoms with van der Waals surface area (Å²) in [6.07, 6.45) is 5.08. The Bertz CT molecular complexity index is 660. The van der Waals surface area contributed by atoms with Gasteiger partial charge in [-0.2, -0.15) is 0 Å². The van der Waals surface area contributed by atoms with E-state index in [-0.39, 0.29) is 5.02 Å². The van der Waals surface area contributed by atoms with Crippen LogP contribution in [0.25, 0.3) is 11.4 Å². The number of benzene rings is 1. The lowest BCUT2D eigenvalue weighted by atomic mass is 9.92. The lowest BCUT2D eigenvalue weighted by molar-refractivity contribution is 0.464. The zero-order chi connectivity index (χ0) is 14.8. The van der Waals surface area contributed by atoms with E-state index in [2.05, 4.69) is 22.2 Å². The van der Waals surface area contributed by atoms with E-state index in [1.807, 2.05) is 6.20 Å². The van der Waals surface area contributed by atoms with Crippen molar-refractivity contribution in [3.8, 4) is 11.4 Å². The van der Waals surface area contributed by atoms with E-state index in [0.29, 0.717) is 11.9 Å². The summed E-state index contributed by atoms with van der Waals surface area (Å²) in [4.78, 5) is 9.09. The van der Waals surface area contributed by atoms with Crippen molar-refractivity contribution in [2.24, 2.45) is 0 Å². The topological polar surface area (TPSA) is 37.8 Å². The van der Waals surface area contributed by atoms with E-state index in [9.17, 15) is 4.39 Å². The molecule has 0 amide bonds. The number of nitrogens with one attached hydrogen (secondary N) is 1. The van der Waals surface area contributed by atoms with Crippen molar-refractivity contribution in [2.45, 2.75) is 32.2 Å². The maximum atomic E-state index is 13.2. The summed E-state index contributed by atoms with van der Waals surface area (Å²) in [6.45, 7) is 3.03. The minimum atomic E-state index is -0.425. The molecule has 3 nitrogen and oxygen atoms in total. The molecule has 5 heteroatoms. The molecule has 0 spiro atoms. The summed E-state index contributed by atoms with van der Waals surface area (Å²) in [5.41, 5.74) is 3.01. The quantitative estimate of drug-likeness (QED) is 0.934. The number of aromatic nitrogens is 2. The monoisotopic (exact) mass is 305 g/mol. The van der Waals surface area contributed by atoms with Crippen molar-refractivity contribution < 1.29 is 4.39 Å². The molecule has 3 rings (SSSR count). The summed E-state index contributed by atoms with van der Waals surface area (Å²) in [5.74, 6) is 0.179. The van der Waals surface area contributed by atoms with Crippen molar-refractivity contribution in [1.82, 2.24) is 15.3 Å². The molecule has 1 aliphatic rings. The lowest BCUT2D eigenvalue weighted by Gasteiger charge is -2.25. The maximum Gasteiger partial charge on any atom is 0.159 e. The van der Waals surface area contributed by atoms with Gasteiger partial charge >= 0.3 is 0 Å². The number of fused-ring (bicyclic) bond motifs is 1. The third kappa shape index (κ3) is 2.92. The molecule has 1 atom stereocenters. The molecule has 0 fully saturated rings. The zero-order valence-corrected chi connectivity index (χ0v) is 12.6. The summed E-state index contributed by atoms with van der Waals surface area (Å²) in [6, 6.07) is 4.92. The van der Waals surface area contributed by atoms with Crippen LogP contribution in [0.15, 0.2) is 24.4 Å². The number of nitrogens with zero attached hydrogens (tertiary/aromatic N) is 2. The molecule has 1 aliphatic carbocycles. The van der Waals surface area contributed by atoms with E-state index in [1.54, 1.807) is 12.1 Å². The van der Waals surface area contributed by atoms with Crippen molar-refractivity contribution in [3.63, 3.8) is 0 Å². The number of rotatable bonds is 3. The Morgan fingerprint density at radius 3 is 3.05 bits per heavy atom. The largest absolute Gasteiger partial charge is 0.310 e. The summed E-state index contributed by atoms with van der Waals surface area (Å²) in [7, 11) is 0. The molecule has 0 radical (unpaired) electrons. The molecule has 21 heavy (non-hydrogen) atoms. The first-order valence-electron chi connectivity index (χ1n) is 7.23. The predicted molar refractivity (Wildman–Crippen MR) is 81.8 cm³/mol. The minimum Gasteiger partial charge on any atom is -0.310 e. The standard InChI is InChI=1S/C16H17ClFN3/c1-2-19-14-4-3-5-15-11(14)9-20-16(21-15)10-6-7-13(18)12(17)8-10/h6-9,14,19H,2-5H2,1H3. The van der Waals surface area contributed by atoms with Crippen LogP contribution in [0.2, 0.25) is 5.02 Å². The van der Waals surface area contributed by atoms with Gasteiger partial charge in [0.25, 0.3) is 0 Å². The maximum absolute atomic E-state index is 13.2. The van der Waals surface area contributed by atoms with Gasteiger partial charge in [-0.15, -0.1) is 0 Å². The molecule has 1 aromatic carbocycles. The molecule has 1 aromatic heterocycles. The van der Waals surface area contributed by atoms with E-state index in [4.69, 9.17) is 11.6 Å². The average Bonchev–Trinajstić information content (AvgIpc) is 2.50. The highest BCUT2D eigenvalue weighted by Crippen LogP contribution is 2.30. The smallest absolute Gasteiger partial charge is 0.159 e.